The van der Waals surface area contributed by atoms with E-state index in [1.165, 1.54) is 32.1 Å². The Morgan fingerprint density at radius 2 is 1.80 bits per heavy atom. The summed E-state index contributed by atoms with van der Waals surface area (Å²) in [5.74, 6) is 1.60. The van der Waals surface area contributed by atoms with Gasteiger partial charge in [-0.1, -0.05) is 65.5 Å². The molecular formula is C21H26BrNO2. The van der Waals surface area contributed by atoms with Gasteiger partial charge in [-0.15, -0.1) is 0 Å². The van der Waals surface area contributed by atoms with E-state index in [0.717, 1.165) is 33.6 Å². The molecule has 0 saturated heterocycles. The zero-order valence-electron chi connectivity index (χ0n) is 14.8. The van der Waals surface area contributed by atoms with Crippen LogP contribution >= 0.6 is 15.9 Å². The van der Waals surface area contributed by atoms with Crippen molar-refractivity contribution in [3.63, 3.8) is 0 Å². The molecule has 1 saturated carbocycles. The van der Waals surface area contributed by atoms with Gasteiger partial charge in [0, 0.05) is 22.6 Å². The molecule has 1 fully saturated rings. The molecule has 0 bridgehead atoms. The summed E-state index contributed by atoms with van der Waals surface area (Å²) in [6.07, 6.45) is 6.55. The number of rotatable bonds is 7. The van der Waals surface area contributed by atoms with Crippen LogP contribution in [0.15, 0.2) is 46.9 Å². The average Bonchev–Trinajstić information content (AvgIpc) is 2.67. The lowest BCUT2D eigenvalue weighted by Gasteiger charge is -2.24. The molecule has 0 heterocycles. The maximum Gasteiger partial charge on any atom is 0.167 e. The van der Waals surface area contributed by atoms with E-state index in [0.29, 0.717) is 12.6 Å². The highest BCUT2D eigenvalue weighted by molar-refractivity contribution is 9.10. The van der Waals surface area contributed by atoms with Crippen LogP contribution in [0.3, 0.4) is 0 Å². The normalized spacial score (nSPS) is 15.1. The SMILES string of the molecule is COc1ccc(Br)c(CNC2CCCCC2)c1OCc1ccccc1. The Morgan fingerprint density at radius 3 is 2.52 bits per heavy atom. The lowest BCUT2D eigenvalue weighted by molar-refractivity contribution is 0.278. The molecule has 0 aliphatic heterocycles. The fourth-order valence-corrected chi connectivity index (χ4v) is 3.80. The molecule has 1 aliphatic carbocycles. The zero-order valence-corrected chi connectivity index (χ0v) is 16.3. The maximum absolute atomic E-state index is 6.17. The smallest absolute Gasteiger partial charge is 0.167 e. The Labute approximate surface area is 158 Å². The largest absolute Gasteiger partial charge is 0.493 e. The lowest BCUT2D eigenvalue weighted by atomic mass is 9.95. The van der Waals surface area contributed by atoms with Crippen molar-refractivity contribution in [1.29, 1.82) is 0 Å². The monoisotopic (exact) mass is 403 g/mol. The molecule has 4 heteroatoms. The maximum atomic E-state index is 6.17. The number of hydrogen-bond acceptors (Lipinski definition) is 3. The first-order chi connectivity index (χ1) is 12.3. The number of hydrogen-bond donors (Lipinski definition) is 1. The number of ether oxygens (including phenoxy) is 2. The first-order valence-electron chi connectivity index (χ1n) is 9.03. The topological polar surface area (TPSA) is 30.5 Å². The van der Waals surface area contributed by atoms with Gasteiger partial charge >= 0.3 is 0 Å². The summed E-state index contributed by atoms with van der Waals surface area (Å²) in [6, 6.07) is 14.8. The molecule has 3 rings (SSSR count). The van der Waals surface area contributed by atoms with E-state index in [4.69, 9.17) is 9.47 Å². The molecule has 134 valence electrons. The molecule has 2 aromatic carbocycles. The quantitative estimate of drug-likeness (QED) is 0.665. The van der Waals surface area contributed by atoms with Gasteiger partial charge in [0.1, 0.15) is 6.61 Å². The van der Waals surface area contributed by atoms with E-state index < -0.39 is 0 Å². The van der Waals surface area contributed by atoms with Crippen molar-refractivity contribution in [3.05, 3.63) is 58.1 Å². The van der Waals surface area contributed by atoms with Crippen LogP contribution in [0.25, 0.3) is 0 Å². The Balaban J connectivity index is 1.75. The van der Waals surface area contributed by atoms with E-state index in [9.17, 15) is 0 Å². The zero-order chi connectivity index (χ0) is 17.5. The highest BCUT2D eigenvalue weighted by atomic mass is 79.9. The third kappa shape index (κ3) is 4.99. The van der Waals surface area contributed by atoms with Gasteiger partial charge in [0.15, 0.2) is 11.5 Å². The molecule has 0 atom stereocenters. The van der Waals surface area contributed by atoms with Crippen molar-refractivity contribution < 1.29 is 9.47 Å². The molecule has 25 heavy (non-hydrogen) atoms. The summed E-state index contributed by atoms with van der Waals surface area (Å²) in [5, 5.41) is 3.70. The van der Waals surface area contributed by atoms with Crippen LogP contribution in [0.2, 0.25) is 0 Å². The van der Waals surface area contributed by atoms with Crippen LogP contribution < -0.4 is 14.8 Å². The molecule has 0 amide bonds. The lowest BCUT2D eigenvalue weighted by Crippen LogP contribution is -2.30. The van der Waals surface area contributed by atoms with Crippen LogP contribution in [-0.4, -0.2) is 13.2 Å². The predicted molar refractivity (Wildman–Crippen MR) is 105 cm³/mol. The predicted octanol–water partition coefficient (Wildman–Crippen LogP) is 5.46. The van der Waals surface area contributed by atoms with Crippen LogP contribution in [0.1, 0.15) is 43.2 Å². The second kappa shape index (κ2) is 9.25. The number of halogens is 1. The Hall–Kier alpha value is -1.52. The Morgan fingerprint density at radius 1 is 1.04 bits per heavy atom. The fourth-order valence-electron chi connectivity index (χ4n) is 3.35. The van der Waals surface area contributed by atoms with E-state index in [-0.39, 0.29) is 0 Å². The molecule has 1 N–H and O–H groups in total. The minimum Gasteiger partial charge on any atom is -0.493 e. The second-order valence-electron chi connectivity index (χ2n) is 6.55. The van der Waals surface area contributed by atoms with E-state index in [1.54, 1.807) is 7.11 Å². The summed E-state index contributed by atoms with van der Waals surface area (Å²) in [6.45, 7) is 1.32. The highest BCUT2D eigenvalue weighted by Crippen LogP contribution is 2.37. The average molecular weight is 404 g/mol. The first-order valence-corrected chi connectivity index (χ1v) is 9.82. The molecule has 0 radical (unpaired) electrons. The first kappa shape index (κ1) is 18.3. The summed E-state index contributed by atoms with van der Waals surface area (Å²) in [5.41, 5.74) is 2.27. The van der Waals surface area contributed by atoms with E-state index in [1.807, 2.05) is 30.3 Å². The molecule has 0 aromatic heterocycles. The summed E-state index contributed by atoms with van der Waals surface area (Å²) in [4.78, 5) is 0. The third-order valence-electron chi connectivity index (χ3n) is 4.79. The van der Waals surface area contributed by atoms with Gasteiger partial charge in [-0.25, -0.2) is 0 Å². The minimum absolute atomic E-state index is 0.532. The van der Waals surface area contributed by atoms with Crippen LogP contribution in [0, 0.1) is 0 Å². The minimum atomic E-state index is 0.532. The van der Waals surface area contributed by atoms with E-state index in [2.05, 4.69) is 33.4 Å². The number of methoxy groups -OCH3 is 1. The van der Waals surface area contributed by atoms with Crippen molar-refractivity contribution in [2.75, 3.05) is 7.11 Å². The molecule has 3 nitrogen and oxygen atoms in total. The number of nitrogens with one attached hydrogen (secondary N) is 1. The third-order valence-corrected chi connectivity index (χ3v) is 5.53. The van der Waals surface area contributed by atoms with Gasteiger partial charge in [-0.2, -0.15) is 0 Å². The number of benzene rings is 2. The van der Waals surface area contributed by atoms with Crippen LogP contribution in [-0.2, 0) is 13.2 Å². The molecular weight excluding hydrogens is 378 g/mol. The second-order valence-corrected chi connectivity index (χ2v) is 7.40. The van der Waals surface area contributed by atoms with Crippen LogP contribution in [0.5, 0.6) is 11.5 Å². The molecule has 0 unspecified atom stereocenters. The fraction of sp³-hybridized carbons (Fsp3) is 0.429. The van der Waals surface area contributed by atoms with E-state index >= 15 is 0 Å². The van der Waals surface area contributed by atoms with Crippen molar-refractivity contribution in [1.82, 2.24) is 5.32 Å². The Bertz CT molecular complexity index is 669. The summed E-state index contributed by atoms with van der Waals surface area (Å²) >= 11 is 3.69. The molecule has 0 spiro atoms. The van der Waals surface area contributed by atoms with Crippen molar-refractivity contribution in [2.24, 2.45) is 0 Å². The molecule has 1 aliphatic rings. The van der Waals surface area contributed by atoms with Crippen LogP contribution in [0.4, 0.5) is 0 Å². The van der Waals surface area contributed by atoms with Crippen molar-refractivity contribution in [2.45, 2.75) is 51.3 Å². The van der Waals surface area contributed by atoms with Crippen molar-refractivity contribution >= 4 is 15.9 Å². The standard InChI is InChI=1S/C21H26BrNO2/c1-24-20-13-12-19(22)18(14-23-17-10-6-3-7-11-17)21(20)25-15-16-8-4-2-5-9-16/h2,4-5,8-9,12-13,17,23H,3,6-7,10-11,14-15H2,1H3. The van der Waals surface area contributed by atoms with Gasteiger partial charge in [-0.3, -0.25) is 0 Å². The van der Waals surface area contributed by atoms with Gasteiger partial charge in [0.05, 0.1) is 7.11 Å². The van der Waals surface area contributed by atoms with Gasteiger partial charge in [-0.05, 0) is 30.5 Å². The van der Waals surface area contributed by atoms with Crippen molar-refractivity contribution in [3.8, 4) is 11.5 Å². The Kier molecular flexibility index (Phi) is 6.76. The van der Waals surface area contributed by atoms with Gasteiger partial charge < -0.3 is 14.8 Å². The van der Waals surface area contributed by atoms with Gasteiger partial charge in [0.25, 0.3) is 0 Å². The summed E-state index contributed by atoms with van der Waals surface area (Å²) < 4.78 is 12.8. The van der Waals surface area contributed by atoms with Gasteiger partial charge in [0.2, 0.25) is 0 Å². The molecule has 2 aromatic rings. The highest BCUT2D eigenvalue weighted by Gasteiger charge is 2.18. The summed E-state index contributed by atoms with van der Waals surface area (Å²) in [7, 11) is 1.69.